The van der Waals surface area contributed by atoms with Crippen LogP contribution >= 0.6 is 0 Å². The predicted octanol–water partition coefficient (Wildman–Crippen LogP) is 0.208. The number of aromatic nitrogens is 2. The van der Waals surface area contributed by atoms with Crippen molar-refractivity contribution in [1.82, 2.24) is 14.9 Å². The van der Waals surface area contributed by atoms with E-state index in [4.69, 9.17) is 11.7 Å². The number of terminal acetylenes is 1. The average Bonchev–Trinajstić information content (AvgIpc) is 2.54. The average molecular weight is 174 g/mol. The Balaban J connectivity index is 2.75. The molecule has 13 heavy (non-hydrogen) atoms. The third-order valence-electron chi connectivity index (χ3n) is 1.69. The lowest BCUT2D eigenvalue weighted by Gasteiger charge is -2.08. The molecular formula is C9H10N4. The Morgan fingerprint density at radius 2 is 2.62 bits per heavy atom. The molecule has 0 amide bonds. The van der Waals surface area contributed by atoms with Gasteiger partial charge in [-0.1, -0.05) is 5.92 Å². The van der Waals surface area contributed by atoms with Crippen LogP contribution in [0.3, 0.4) is 0 Å². The molecule has 0 saturated heterocycles. The second-order valence-electron chi connectivity index (χ2n) is 2.58. The molecule has 0 spiro atoms. The summed E-state index contributed by atoms with van der Waals surface area (Å²) in [7, 11) is 1.84. The molecular weight excluding hydrogens is 164 g/mol. The van der Waals surface area contributed by atoms with Crippen molar-refractivity contribution in [2.24, 2.45) is 7.05 Å². The largest absolute Gasteiger partial charge is 0.335 e. The minimum Gasteiger partial charge on any atom is -0.335 e. The van der Waals surface area contributed by atoms with E-state index in [9.17, 15) is 0 Å². The summed E-state index contributed by atoms with van der Waals surface area (Å²) in [6.45, 7) is 0.378. The molecule has 1 unspecified atom stereocenters. The van der Waals surface area contributed by atoms with Crippen LogP contribution in [0.4, 0.5) is 0 Å². The van der Waals surface area contributed by atoms with Crippen molar-refractivity contribution in [3.63, 3.8) is 0 Å². The summed E-state index contributed by atoms with van der Waals surface area (Å²) in [6.07, 6.45) is 8.38. The summed E-state index contributed by atoms with van der Waals surface area (Å²) in [5, 5.41) is 11.7. The zero-order chi connectivity index (χ0) is 9.68. The van der Waals surface area contributed by atoms with Crippen molar-refractivity contribution in [3.8, 4) is 18.4 Å². The van der Waals surface area contributed by atoms with Gasteiger partial charge < -0.3 is 4.57 Å². The quantitative estimate of drug-likeness (QED) is 0.666. The molecule has 0 aliphatic heterocycles. The van der Waals surface area contributed by atoms with Crippen molar-refractivity contribution in [2.45, 2.75) is 6.04 Å². The molecule has 0 aromatic carbocycles. The van der Waals surface area contributed by atoms with E-state index in [-0.39, 0.29) is 6.04 Å². The van der Waals surface area contributed by atoms with Crippen LogP contribution in [0.1, 0.15) is 11.7 Å². The second-order valence-corrected chi connectivity index (χ2v) is 2.58. The van der Waals surface area contributed by atoms with Crippen LogP contribution in [0.25, 0.3) is 0 Å². The van der Waals surface area contributed by atoms with Gasteiger partial charge in [-0.15, -0.1) is 6.42 Å². The molecule has 1 aromatic rings. The topological polar surface area (TPSA) is 53.6 Å². The summed E-state index contributed by atoms with van der Waals surface area (Å²) in [5.74, 6) is 2.42. The van der Waals surface area contributed by atoms with Gasteiger partial charge in [-0.3, -0.25) is 5.32 Å². The van der Waals surface area contributed by atoms with Crippen molar-refractivity contribution in [2.75, 3.05) is 6.54 Å². The molecule has 0 saturated carbocycles. The first-order chi connectivity index (χ1) is 6.29. The Labute approximate surface area is 77.2 Å². The van der Waals surface area contributed by atoms with E-state index in [0.29, 0.717) is 6.54 Å². The number of rotatable bonds is 3. The number of nitriles is 1. The maximum Gasteiger partial charge on any atom is 0.138 e. The Morgan fingerprint density at radius 3 is 3.08 bits per heavy atom. The van der Waals surface area contributed by atoms with Gasteiger partial charge in [0.1, 0.15) is 6.04 Å². The lowest BCUT2D eigenvalue weighted by Crippen LogP contribution is -2.21. The third kappa shape index (κ3) is 2.08. The van der Waals surface area contributed by atoms with Crippen LogP contribution in [0.5, 0.6) is 0 Å². The lowest BCUT2D eigenvalue weighted by molar-refractivity contribution is 0.641. The van der Waals surface area contributed by atoms with Gasteiger partial charge >= 0.3 is 0 Å². The minimum absolute atomic E-state index is 0.378. The number of aryl methyl sites for hydroxylation is 1. The molecule has 66 valence electrons. The van der Waals surface area contributed by atoms with Gasteiger partial charge in [0.05, 0.1) is 30.8 Å². The molecule has 4 heteroatoms. The van der Waals surface area contributed by atoms with Gasteiger partial charge in [-0.25, -0.2) is 4.98 Å². The van der Waals surface area contributed by atoms with Gasteiger partial charge in [0.25, 0.3) is 0 Å². The van der Waals surface area contributed by atoms with Crippen LogP contribution in [0, 0.1) is 23.7 Å². The van der Waals surface area contributed by atoms with E-state index in [2.05, 4.69) is 22.3 Å². The van der Waals surface area contributed by atoms with Crippen molar-refractivity contribution >= 4 is 0 Å². The number of nitrogens with zero attached hydrogens (tertiary/aromatic N) is 3. The summed E-state index contributed by atoms with van der Waals surface area (Å²) in [6, 6.07) is 1.73. The third-order valence-corrected chi connectivity index (χ3v) is 1.69. The van der Waals surface area contributed by atoms with Crippen molar-refractivity contribution < 1.29 is 0 Å². The molecule has 1 heterocycles. The molecule has 4 nitrogen and oxygen atoms in total. The Kier molecular flexibility index (Phi) is 3.08. The molecule has 1 N–H and O–H groups in total. The SMILES string of the molecule is C#CCNC(C#N)c1cncn1C. The van der Waals surface area contributed by atoms with E-state index in [1.165, 1.54) is 0 Å². The normalized spacial score (nSPS) is 11.6. The van der Waals surface area contributed by atoms with Gasteiger partial charge in [0.15, 0.2) is 0 Å². The highest BCUT2D eigenvalue weighted by Crippen LogP contribution is 2.08. The summed E-state index contributed by atoms with van der Waals surface area (Å²) < 4.78 is 1.79. The first-order valence-electron chi connectivity index (χ1n) is 3.82. The van der Waals surface area contributed by atoms with Crippen LogP contribution < -0.4 is 5.32 Å². The van der Waals surface area contributed by atoms with Crippen molar-refractivity contribution in [1.29, 1.82) is 5.26 Å². The van der Waals surface area contributed by atoms with Crippen molar-refractivity contribution in [3.05, 3.63) is 18.2 Å². The lowest BCUT2D eigenvalue weighted by atomic mass is 10.2. The molecule has 0 aliphatic carbocycles. The molecule has 0 fully saturated rings. The van der Waals surface area contributed by atoms with Gasteiger partial charge in [-0.2, -0.15) is 5.26 Å². The monoisotopic (exact) mass is 174 g/mol. The van der Waals surface area contributed by atoms with E-state index in [1.54, 1.807) is 17.1 Å². The maximum atomic E-state index is 8.83. The fourth-order valence-electron chi connectivity index (χ4n) is 1.02. The van der Waals surface area contributed by atoms with Gasteiger partial charge in [0, 0.05) is 7.05 Å². The summed E-state index contributed by atoms with van der Waals surface area (Å²) >= 11 is 0. The van der Waals surface area contributed by atoms with Crippen LogP contribution in [0.15, 0.2) is 12.5 Å². The maximum absolute atomic E-state index is 8.83. The zero-order valence-corrected chi connectivity index (χ0v) is 7.36. The minimum atomic E-state index is -0.386. The Bertz CT molecular complexity index is 352. The highest BCUT2D eigenvalue weighted by Gasteiger charge is 2.11. The molecule has 0 aliphatic rings. The fourth-order valence-corrected chi connectivity index (χ4v) is 1.02. The highest BCUT2D eigenvalue weighted by atomic mass is 15.1. The molecule has 1 rings (SSSR count). The summed E-state index contributed by atoms with van der Waals surface area (Å²) in [5.41, 5.74) is 0.817. The summed E-state index contributed by atoms with van der Waals surface area (Å²) in [4.78, 5) is 3.92. The molecule has 1 atom stereocenters. The second kappa shape index (κ2) is 4.30. The molecule has 0 radical (unpaired) electrons. The fraction of sp³-hybridized carbons (Fsp3) is 0.333. The number of nitrogens with one attached hydrogen (secondary N) is 1. The first kappa shape index (κ1) is 9.31. The Morgan fingerprint density at radius 1 is 1.85 bits per heavy atom. The first-order valence-corrected chi connectivity index (χ1v) is 3.82. The Hall–Kier alpha value is -1.78. The zero-order valence-electron chi connectivity index (χ0n) is 7.36. The van der Waals surface area contributed by atoms with E-state index in [0.717, 1.165) is 5.69 Å². The molecule has 0 bridgehead atoms. The van der Waals surface area contributed by atoms with Crippen LogP contribution in [0.2, 0.25) is 0 Å². The van der Waals surface area contributed by atoms with Gasteiger partial charge in [0.2, 0.25) is 0 Å². The van der Waals surface area contributed by atoms with Gasteiger partial charge in [-0.05, 0) is 0 Å². The van der Waals surface area contributed by atoms with Crippen LogP contribution in [-0.4, -0.2) is 16.1 Å². The smallest absolute Gasteiger partial charge is 0.138 e. The number of imidazole rings is 1. The number of hydrogen-bond acceptors (Lipinski definition) is 3. The van der Waals surface area contributed by atoms with E-state index < -0.39 is 0 Å². The van der Waals surface area contributed by atoms with Crippen LogP contribution in [-0.2, 0) is 7.05 Å². The highest BCUT2D eigenvalue weighted by molar-refractivity contribution is 5.14. The van der Waals surface area contributed by atoms with E-state index >= 15 is 0 Å². The predicted molar refractivity (Wildman–Crippen MR) is 48.4 cm³/mol. The standard InChI is InChI=1S/C9H10N4/c1-3-4-12-8(5-10)9-6-11-7-13(9)2/h1,6-8,12H,4H2,2H3. The van der Waals surface area contributed by atoms with E-state index in [1.807, 2.05) is 7.05 Å². The molecule has 1 aromatic heterocycles. The number of hydrogen-bond donors (Lipinski definition) is 1.